The van der Waals surface area contributed by atoms with E-state index in [1.165, 1.54) is 0 Å². The van der Waals surface area contributed by atoms with E-state index in [0.717, 1.165) is 21.2 Å². The minimum absolute atomic E-state index is 0.0786. The fourth-order valence-electron chi connectivity index (χ4n) is 1.97. The highest BCUT2D eigenvalue weighted by atomic mass is 79.9. The third kappa shape index (κ3) is 3.58. The lowest BCUT2D eigenvalue weighted by molar-refractivity contribution is 0.215. The summed E-state index contributed by atoms with van der Waals surface area (Å²) in [5.74, 6) is 0.667. The van der Waals surface area contributed by atoms with Crippen LogP contribution in [0.3, 0.4) is 0 Å². The third-order valence-corrected chi connectivity index (χ3v) is 3.59. The second-order valence-corrected chi connectivity index (χ2v) is 5.90. The molecule has 1 aromatic carbocycles. The molecule has 0 aliphatic rings. The van der Waals surface area contributed by atoms with Crippen LogP contribution in [0.15, 0.2) is 41.1 Å². The fraction of sp³-hybridized carbons (Fsp3) is 0.312. The Morgan fingerprint density at radius 3 is 2.65 bits per heavy atom. The molecule has 0 saturated heterocycles. The van der Waals surface area contributed by atoms with Gasteiger partial charge in [0.05, 0.1) is 12.3 Å². The molecule has 0 fully saturated rings. The second kappa shape index (κ2) is 6.37. The molecule has 1 atom stereocenters. The number of hydrogen-bond acceptors (Lipinski definition) is 3. The molecule has 3 nitrogen and oxygen atoms in total. The number of pyridine rings is 1. The van der Waals surface area contributed by atoms with Crippen LogP contribution in [-0.4, -0.2) is 16.2 Å². The zero-order valence-corrected chi connectivity index (χ0v) is 13.4. The molecule has 0 saturated carbocycles. The van der Waals surface area contributed by atoms with Crippen LogP contribution in [0.2, 0.25) is 0 Å². The van der Waals surface area contributed by atoms with E-state index in [-0.39, 0.29) is 6.10 Å². The maximum Gasteiger partial charge on any atom is 0.138 e. The van der Waals surface area contributed by atoms with Crippen molar-refractivity contribution in [3.05, 3.63) is 57.8 Å². The first kappa shape index (κ1) is 15.0. The van der Waals surface area contributed by atoms with Crippen LogP contribution < -0.4 is 4.74 Å². The monoisotopic (exact) mass is 335 g/mol. The number of aliphatic hydroxyl groups is 1. The number of aliphatic hydroxyl groups excluding tert-OH is 1. The van der Waals surface area contributed by atoms with Gasteiger partial charge in [0.1, 0.15) is 11.9 Å². The normalized spacial score (nSPS) is 12.5. The number of benzene rings is 1. The van der Waals surface area contributed by atoms with Gasteiger partial charge in [0, 0.05) is 16.2 Å². The summed E-state index contributed by atoms with van der Waals surface area (Å²) in [6, 6.07) is 7.73. The number of nitrogens with zero attached hydrogens (tertiary/aromatic N) is 1. The van der Waals surface area contributed by atoms with Crippen molar-refractivity contribution in [1.82, 2.24) is 4.98 Å². The summed E-state index contributed by atoms with van der Waals surface area (Å²) in [6.07, 6.45) is 2.66. The lowest BCUT2D eigenvalue weighted by atomic mass is 10.0. The van der Waals surface area contributed by atoms with Crippen molar-refractivity contribution in [2.45, 2.75) is 33.0 Å². The van der Waals surface area contributed by atoms with E-state index in [1.54, 1.807) is 12.4 Å². The van der Waals surface area contributed by atoms with E-state index < -0.39 is 6.10 Å². The maximum absolute atomic E-state index is 10.5. The van der Waals surface area contributed by atoms with Crippen molar-refractivity contribution in [1.29, 1.82) is 0 Å². The van der Waals surface area contributed by atoms with Gasteiger partial charge in [-0.25, -0.2) is 0 Å². The lowest BCUT2D eigenvalue weighted by Crippen LogP contribution is -2.07. The van der Waals surface area contributed by atoms with Gasteiger partial charge in [-0.2, -0.15) is 0 Å². The molecule has 20 heavy (non-hydrogen) atoms. The Morgan fingerprint density at radius 1 is 1.20 bits per heavy atom. The van der Waals surface area contributed by atoms with Crippen LogP contribution in [0.4, 0.5) is 0 Å². The van der Waals surface area contributed by atoms with E-state index in [1.807, 2.05) is 45.0 Å². The average Bonchev–Trinajstić information content (AvgIpc) is 2.40. The van der Waals surface area contributed by atoms with Gasteiger partial charge in [-0.15, -0.1) is 0 Å². The minimum Gasteiger partial charge on any atom is -0.489 e. The minimum atomic E-state index is -0.729. The number of hydrogen-bond donors (Lipinski definition) is 1. The molecule has 0 spiro atoms. The molecule has 4 heteroatoms. The lowest BCUT2D eigenvalue weighted by Gasteiger charge is -2.16. The molecule has 0 amide bonds. The highest BCUT2D eigenvalue weighted by Gasteiger charge is 2.15. The third-order valence-electron chi connectivity index (χ3n) is 2.87. The summed E-state index contributed by atoms with van der Waals surface area (Å²) in [7, 11) is 0. The molecule has 2 aromatic rings. The summed E-state index contributed by atoms with van der Waals surface area (Å²) in [6.45, 7) is 5.92. The van der Waals surface area contributed by atoms with Gasteiger partial charge in [-0.05, 0) is 38.5 Å². The smallest absolute Gasteiger partial charge is 0.138 e. The SMILES string of the molecule is Cc1ccc(Br)c(C(O)c2cncc(OC(C)C)c2)c1. The summed E-state index contributed by atoms with van der Waals surface area (Å²) in [4.78, 5) is 4.14. The molecule has 0 radical (unpaired) electrons. The van der Waals surface area contributed by atoms with Crippen LogP contribution in [0.5, 0.6) is 5.75 Å². The predicted octanol–water partition coefficient (Wildman–Crippen LogP) is 4.02. The summed E-state index contributed by atoms with van der Waals surface area (Å²) < 4.78 is 6.49. The molecule has 1 N–H and O–H groups in total. The fourth-order valence-corrected chi connectivity index (χ4v) is 2.44. The van der Waals surface area contributed by atoms with Crippen molar-refractivity contribution in [2.24, 2.45) is 0 Å². The van der Waals surface area contributed by atoms with Crippen molar-refractivity contribution in [3.8, 4) is 5.75 Å². The van der Waals surface area contributed by atoms with Crippen LogP contribution in [0.25, 0.3) is 0 Å². The van der Waals surface area contributed by atoms with Gasteiger partial charge in [-0.3, -0.25) is 4.98 Å². The van der Waals surface area contributed by atoms with Gasteiger partial charge in [0.25, 0.3) is 0 Å². The van der Waals surface area contributed by atoms with Crippen LogP contribution in [0.1, 0.15) is 36.6 Å². The highest BCUT2D eigenvalue weighted by molar-refractivity contribution is 9.10. The molecular formula is C16H18BrNO2. The summed E-state index contributed by atoms with van der Waals surface area (Å²) in [5.41, 5.74) is 2.65. The maximum atomic E-state index is 10.5. The summed E-state index contributed by atoms with van der Waals surface area (Å²) in [5, 5.41) is 10.5. The van der Waals surface area contributed by atoms with E-state index in [0.29, 0.717) is 5.75 Å². The Hall–Kier alpha value is -1.39. The first-order valence-corrected chi connectivity index (χ1v) is 7.32. The molecule has 106 valence electrons. The Bertz CT molecular complexity index is 599. The molecule has 0 aliphatic carbocycles. The van der Waals surface area contributed by atoms with E-state index >= 15 is 0 Å². The Labute approximate surface area is 127 Å². The quantitative estimate of drug-likeness (QED) is 0.917. The largest absolute Gasteiger partial charge is 0.489 e. The van der Waals surface area contributed by atoms with E-state index in [2.05, 4.69) is 20.9 Å². The highest BCUT2D eigenvalue weighted by Crippen LogP contribution is 2.30. The molecule has 1 aromatic heterocycles. The average molecular weight is 336 g/mol. The van der Waals surface area contributed by atoms with Crippen molar-refractivity contribution >= 4 is 15.9 Å². The van der Waals surface area contributed by atoms with Crippen LogP contribution in [-0.2, 0) is 0 Å². The van der Waals surface area contributed by atoms with E-state index in [9.17, 15) is 5.11 Å². The number of rotatable bonds is 4. The Morgan fingerprint density at radius 2 is 1.95 bits per heavy atom. The zero-order valence-electron chi connectivity index (χ0n) is 11.8. The first-order chi connectivity index (χ1) is 9.47. The second-order valence-electron chi connectivity index (χ2n) is 5.05. The molecule has 1 heterocycles. The van der Waals surface area contributed by atoms with E-state index in [4.69, 9.17) is 4.74 Å². The van der Waals surface area contributed by atoms with Crippen molar-refractivity contribution < 1.29 is 9.84 Å². The topological polar surface area (TPSA) is 42.4 Å². The van der Waals surface area contributed by atoms with Gasteiger partial charge >= 0.3 is 0 Å². The number of aromatic nitrogens is 1. The Balaban J connectivity index is 2.33. The zero-order chi connectivity index (χ0) is 14.7. The van der Waals surface area contributed by atoms with Gasteiger partial charge < -0.3 is 9.84 Å². The van der Waals surface area contributed by atoms with Crippen molar-refractivity contribution in [2.75, 3.05) is 0 Å². The number of ether oxygens (including phenoxy) is 1. The molecule has 0 aliphatic heterocycles. The Kier molecular flexibility index (Phi) is 4.78. The first-order valence-electron chi connectivity index (χ1n) is 6.53. The number of aryl methyl sites for hydroxylation is 1. The van der Waals surface area contributed by atoms with Gasteiger partial charge in [0.2, 0.25) is 0 Å². The predicted molar refractivity (Wildman–Crippen MR) is 82.9 cm³/mol. The van der Waals surface area contributed by atoms with Crippen molar-refractivity contribution in [3.63, 3.8) is 0 Å². The molecule has 2 rings (SSSR count). The van der Waals surface area contributed by atoms with Gasteiger partial charge in [0.15, 0.2) is 0 Å². The van der Waals surface area contributed by atoms with Crippen LogP contribution in [0, 0.1) is 6.92 Å². The molecule has 1 unspecified atom stereocenters. The standard InChI is InChI=1S/C16H18BrNO2/c1-10(2)20-13-7-12(8-18-9-13)16(19)14-6-11(3)4-5-15(14)17/h4-10,16,19H,1-3H3. The molecular weight excluding hydrogens is 318 g/mol. The van der Waals surface area contributed by atoms with Gasteiger partial charge in [-0.1, -0.05) is 33.6 Å². The summed E-state index contributed by atoms with van der Waals surface area (Å²) >= 11 is 3.48. The van der Waals surface area contributed by atoms with Crippen LogP contribution >= 0.6 is 15.9 Å². The number of halogens is 1. The molecule has 0 bridgehead atoms.